The molecule has 1 N–H and O–H groups in total. The van der Waals surface area contributed by atoms with Gasteiger partial charge in [-0.1, -0.05) is 6.07 Å². The Bertz CT molecular complexity index is 655. The number of pyridine rings is 1. The highest BCUT2D eigenvalue weighted by Gasteiger charge is 2.35. The molecule has 5 nitrogen and oxygen atoms in total. The lowest BCUT2D eigenvalue weighted by molar-refractivity contribution is -0.129. The van der Waals surface area contributed by atoms with Crippen LogP contribution in [-0.4, -0.2) is 40.3 Å². The lowest BCUT2D eigenvalue weighted by Gasteiger charge is -2.38. The number of hydrogen-bond acceptors (Lipinski definition) is 3. The van der Waals surface area contributed by atoms with E-state index >= 15 is 0 Å². The number of hydrogen-bond donors (Lipinski definition) is 1. The van der Waals surface area contributed by atoms with Gasteiger partial charge >= 0.3 is 0 Å². The summed E-state index contributed by atoms with van der Waals surface area (Å²) in [5, 5.41) is 3.01. The van der Waals surface area contributed by atoms with Crippen LogP contribution in [0.15, 0.2) is 24.4 Å². The molecule has 0 aromatic carbocycles. The molecule has 3 rings (SSSR count). The van der Waals surface area contributed by atoms with Crippen molar-refractivity contribution >= 4 is 11.6 Å². The van der Waals surface area contributed by atoms with Crippen molar-refractivity contribution in [3.8, 4) is 0 Å². The second kappa shape index (κ2) is 5.48. The highest BCUT2D eigenvalue weighted by atomic mass is 16.1. The first-order chi connectivity index (χ1) is 10.0. The molecule has 0 spiro atoms. The van der Waals surface area contributed by atoms with Crippen LogP contribution in [0.2, 0.25) is 0 Å². The van der Waals surface area contributed by atoms with Gasteiger partial charge in [0.15, 0.2) is 0 Å². The summed E-state index contributed by atoms with van der Waals surface area (Å²) in [7, 11) is 4.13. The Morgan fingerprint density at radius 3 is 2.86 bits per heavy atom. The molecule has 0 aliphatic heterocycles. The number of aromatic nitrogens is 2. The molecule has 0 saturated heterocycles. The van der Waals surface area contributed by atoms with E-state index in [1.165, 1.54) is 0 Å². The van der Waals surface area contributed by atoms with Gasteiger partial charge in [0, 0.05) is 23.9 Å². The Morgan fingerprint density at radius 1 is 1.43 bits per heavy atom. The maximum Gasteiger partial charge on any atom is 0.223 e. The fraction of sp³-hybridized carbons (Fsp3) is 0.500. The van der Waals surface area contributed by atoms with Gasteiger partial charge in [-0.25, -0.2) is 4.98 Å². The molecule has 1 aliphatic carbocycles. The second-order valence-electron chi connectivity index (χ2n) is 6.13. The molecule has 112 valence electrons. The van der Waals surface area contributed by atoms with Gasteiger partial charge in [0.1, 0.15) is 5.65 Å². The summed E-state index contributed by atoms with van der Waals surface area (Å²) in [4.78, 5) is 18.8. The van der Waals surface area contributed by atoms with Crippen LogP contribution in [0.25, 0.3) is 5.65 Å². The van der Waals surface area contributed by atoms with Crippen molar-refractivity contribution in [3.63, 3.8) is 0 Å². The first-order valence-electron chi connectivity index (χ1n) is 7.42. The number of fused-ring (bicyclic) bond motifs is 1. The minimum atomic E-state index is 0.155. The third-order valence-corrected chi connectivity index (χ3v) is 4.40. The van der Waals surface area contributed by atoms with Crippen LogP contribution in [0.1, 0.15) is 24.2 Å². The average Bonchev–Trinajstić information content (AvgIpc) is 2.78. The van der Waals surface area contributed by atoms with Gasteiger partial charge in [0.25, 0.3) is 0 Å². The van der Waals surface area contributed by atoms with Gasteiger partial charge in [0.05, 0.1) is 12.2 Å². The molecular weight excluding hydrogens is 264 g/mol. The lowest BCUT2D eigenvalue weighted by Crippen LogP contribution is -2.46. The third-order valence-electron chi connectivity index (χ3n) is 4.40. The van der Waals surface area contributed by atoms with Gasteiger partial charge < -0.3 is 14.6 Å². The van der Waals surface area contributed by atoms with Gasteiger partial charge in [-0.3, -0.25) is 4.79 Å². The van der Waals surface area contributed by atoms with Gasteiger partial charge in [-0.05, 0) is 46.0 Å². The van der Waals surface area contributed by atoms with Gasteiger partial charge in [-0.15, -0.1) is 0 Å². The molecule has 1 fully saturated rings. The smallest absolute Gasteiger partial charge is 0.223 e. The predicted octanol–water partition coefficient (Wildman–Crippen LogP) is 1.60. The Morgan fingerprint density at radius 2 is 2.19 bits per heavy atom. The zero-order chi connectivity index (χ0) is 15.0. The molecule has 2 aromatic rings. The number of amides is 1. The zero-order valence-corrected chi connectivity index (χ0v) is 12.8. The number of carbonyl (C=O) groups excluding carboxylic acids is 1. The van der Waals surface area contributed by atoms with E-state index in [9.17, 15) is 4.79 Å². The third kappa shape index (κ3) is 2.78. The molecule has 2 heterocycles. The minimum Gasteiger partial charge on any atom is -0.350 e. The summed E-state index contributed by atoms with van der Waals surface area (Å²) >= 11 is 0. The second-order valence-corrected chi connectivity index (χ2v) is 6.13. The SMILES string of the molecule is Cc1cccc2nc(CNC(=O)C3CC(N(C)C)C3)cn12. The normalized spacial score (nSPS) is 21.5. The van der Waals surface area contributed by atoms with Crippen LogP contribution < -0.4 is 5.32 Å². The summed E-state index contributed by atoms with van der Waals surface area (Å²) in [6.45, 7) is 2.55. The van der Waals surface area contributed by atoms with E-state index in [0.29, 0.717) is 12.6 Å². The Balaban J connectivity index is 1.57. The number of imidazole rings is 1. The zero-order valence-electron chi connectivity index (χ0n) is 12.8. The number of rotatable bonds is 4. The predicted molar refractivity (Wildman–Crippen MR) is 82.0 cm³/mol. The highest BCUT2D eigenvalue weighted by molar-refractivity contribution is 5.79. The average molecular weight is 286 g/mol. The van der Waals surface area contributed by atoms with Crippen LogP contribution in [0.4, 0.5) is 0 Å². The van der Waals surface area contributed by atoms with E-state index in [-0.39, 0.29) is 11.8 Å². The topological polar surface area (TPSA) is 49.6 Å². The van der Waals surface area contributed by atoms with Crippen LogP contribution in [0.3, 0.4) is 0 Å². The van der Waals surface area contributed by atoms with Crippen LogP contribution in [0, 0.1) is 12.8 Å². The minimum absolute atomic E-state index is 0.155. The largest absolute Gasteiger partial charge is 0.350 e. The molecule has 0 atom stereocenters. The van der Waals surface area contributed by atoms with Crippen LogP contribution in [-0.2, 0) is 11.3 Å². The summed E-state index contributed by atoms with van der Waals surface area (Å²) in [6, 6.07) is 6.58. The first kappa shape index (κ1) is 14.1. The number of aryl methyl sites for hydroxylation is 1. The highest BCUT2D eigenvalue weighted by Crippen LogP contribution is 2.30. The summed E-state index contributed by atoms with van der Waals surface area (Å²) in [5.41, 5.74) is 2.97. The standard InChI is InChI=1S/C16H22N4O/c1-11-5-4-6-15-18-13(10-20(11)15)9-17-16(21)12-7-14(8-12)19(2)3/h4-6,10,12,14H,7-9H2,1-3H3,(H,17,21). The monoisotopic (exact) mass is 286 g/mol. The van der Waals surface area contributed by atoms with Crippen LogP contribution in [0.5, 0.6) is 0 Å². The fourth-order valence-electron chi connectivity index (χ4n) is 2.83. The quantitative estimate of drug-likeness (QED) is 0.929. The fourth-order valence-corrected chi connectivity index (χ4v) is 2.83. The van der Waals surface area contributed by atoms with E-state index in [2.05, 4.69) is 29.3 Å². The van der Waals surface area contributed by atoms with Crippen molar-refractivity contribution in [3.05, 3.63) is 35.8 Å². The van der Waals surface area contributed by atoms with Gasteiger partial charge in [-0.2, -0.15) is 0 Å². The van der Waals surface area contributed by atoms with Crippen LogP contribution >= 0.6 is 0 Å². The Labute approximate surface area is 125 Å². The van der Waals surface area contributed by atoms with Crippen molar-refractivity contribution in [2.75, 3.05) is 14.1 Å². The summed E-state index contributed by atoms with van der Waals surface area (Å²) in [5.74, 6) is 0.318. The van der Waals surface area contributed by atoms with Crippen molar-refractivity contribution in [1.29, 1.82) is 0 Å². The van der Waals surface area contributed by atoms with E-state index in [1.807, 2.05) is 35.7 Å². The molecule has 0 unspecified atom stereocenters. The molecule has 1 saturated carbocycles. The molecule has 1 amide bonds. The number of carbonyl (C=O) groups is 1. The van der Waals surface area contributed by atoms with E-state index in [1.54, 1.807) is 0 Å². The Hall–Kier alpha value is -1.88. The summed E-state index contributed by atoms with van der Waals surface area (Å²) < 4.78 is 2.05. The number of nitrogens with zero attached hydrogens (tertiary/aromatic N) is 3. The molecule has 21 heavy (non-hydrogen) atoms. The van der Waals surface area contributed by atoms with Crippen molar-refractivity contribution in [2.45, 2.75) is 32.4 Å². The Kier molecular flexibility index (Phi) is 3.68. The van der Waals surface area contributed by atoms with Crippen molar-refractivity contribution in [2.24, 2.45) is 5.92 Å². The molecule has 0 radical (unpaired) electrons. The molecule has 1 aliphatic rings. The molecular formula is C16H22N4O. The first-order valence-corrected chi connectivity index (χ1v) is 7.42. The van der Waals surface area contributed by atoms with E-state index in [4.69, 9.17) is 0 Å². The van der Waals surface area contributed by atoms with E-state index < -0.39 is 0 Å². The maximum atomic E-state index is 12.1. The van der Waals surface area contributed by atoms with Crippen molar-refractivity contribution in [1.82, 2.24) is 19.6 Å². The van der Waals surface area contributed by atoms with Crippen molar-refractivity contribution < 1.29 is 4.79 Å². The molecule has 2 aromatic heterocycles. The lowest BCUT2D eigenvalue weighted by atomic mass is 9.79. The molecule has 0 bridgehead atoms. The number of nitrogens with one attached hydrogen (secondary N) is 1. The summed E-state index contributed by atoms with van der Waals surface area (Å²) in [6.07, 6.45) is 3.92. The molecule has 5 heteroatoms. The van der Waals surface area contributed by atoms with E-state index in [0.717, 1.165) is 29.9 Å². The maximum absolute atomic E-state index is 12.1. The van der Waals surface area contributed by atoms with Gasteiger partial charge in [0.2, 0.25) is 5.91 Å².